The lowest BCUT2D eigenvalue weighted by Gasteiger charge is -2.11. The lowest BCUT2D eigenvalue weighted by molar-refractivity contribution is -0.121. The van der Waals surface area contributed by atoms with Crippen molar-refractivity contribution < 1.29 is 4.79 Å². The number of amides is 1. The van der Waals surface area contributed by atoms with Gasteiger partial charge in [0.05, 0.1) is 0 Å². The minimum atomic E-state index is -0.266. The predicted octanol–water partition coefficient (Wildman–Crippen LogP) is 0.910. The van der Waals surface area contributed by atoms with Crippen LogP contribution in [0.3, 0.4) is 0 Å². The Morgan fingerprint density at radius 3 is 2.94 bits per heavy atom. The van der Waals surface area contributed by atoms with Gasteiger partial charge in [0.15, 0.2) is 0 Å². The summed E-state index contributed by atoms with van der Waals surface area (Å²) in [6.07, 6.45) is 2.00. The highest BCUT2D eigenvalue weighted by atomic mass is 35.5. The molecular weight excluding hydrogens is 242 g/mol. The van der Waals surface area contributed by atoms with E-state index in [4.69, 9.17) is 11.6 Å². The number of carbonyl (C=O) groups is 1. The SMILES string of the molecule is CCNC(=O)Cn1c(C2CC2)nc(Cl)cc1=O. The van der Waals surface area contributed by atoms with Gasteiger partial charge in [-0.2, -0.15) is 0 Å². The molecule has 2 rings (SSSR count). The van der Waals surface area contributed by atoms with Gasteiger partial charge in [0.2, 0.25) is 5.91 Å². The fourth-order valence-corrected chi connectivity index (χ4v) is 1.88. The number of likely N-dealkylation sites (N-methyl/N-ethyl adjacent to an activating group) is 1. The van der Waals surface area contributed by atoms with Crippen molar-refractivity contribution >= 4 is 17.5 Å². The highest BCUT2D eigenvalue weighted by molar-refractivity contribution is 6.29. The second kappa shape index (κ2) is 4.87. The van der Waals surface area contributed by atoms with Crippen LogP contribution >= 0.6 is 11.6 Å². The molecule has 1 fully saturated rings. The summed E-state index contributed by atoms with van der Waals surface area (Å²) in [6.45, 7) is 2.40. The van der Waals surface area contributed by atoms with Gasteiger partial charge < -0.3 is 5.32 Å². The summed E-state index contributed by atoms with van der Waals surface area (Å²) in [6, 6.07) is 1.24. The molecular formula is C11H14ClN3O2. The first-order valence-corrected chi connectivity index (χ1v) is 6.03. The summed E-state index contributed by atoms with van der Waals surface area (Å²) in [7, 11) is 0. The summed E-state index contributed by atoms with van der Waals surface area (Å²) in [5, 5.41) is 2.86. The Bertz CT molecular complexity index is 494. The van der Waals surface area contributed by atoms with Crippen molar-refractivity contribution in [2.24, 2.45) is 0 Å². The quantitative estimate of drug-likeness (QED) is 0.814. The van der Waals surface area contributed by atoms with Crippen LogP contribution in [0.1, 0.15) is 31.5 Å². The van der Waals surface area contributed by atoms with Crippen molar-refractivity contribution in [3.63, 3.8) is 0 Å². The second-order valence-electron chi connectivity index (χ2n) is 4.09. The first-order chi connectivity index (χ1) is 8.11. The summed E-state index contributed by atoms with van der Waals surface area (Å²) in [5.74, 6) is 0.727. The van der Waals surface area contributed by atoms with Crippen LogP contribution in [0.5, 0.6) is 0 Å². The van der Waals surface area contributed by atoms with Gasteiger partial charge in [-0.25, -0.2) is 4.98 Å². The molecule has 0 aromatic carbocycles. The lowest BCUT2D eigenvalue weighted by Crippen LogP contribution is -2.34. The molecule has 1 aromatic rings. The molecule has 1 amide bonds. The van der Waals surface area contributed by atoms with Gasteiger partial charge in [-0.3, -0.25) is 14.2 Å². The number of rotatable bonds is 4. The molecule has 0 bridgehead atoms. The zero-order valence-electron chi connectivity index (χ0n) is 9.57. The fraction of sp³-hybridized carbons (Fsp3) is 0.545. The van der Waals surface area contributed by atoms with Gasteiger partial charge in [-0.15, -0.1) is 0 Å². The number of hydrogen-bond donors (Lipinski definition) is 1. The van der Waals surface area contributed by atoms with Crippen molar-refractivity contribution in [3.8, 4) is 0 Å². The third-order valence-corrected chi connectivity index (χ3v) is 2.82. The number of hydrogen-bond acceptors (Lipinski definition) is 3. The molecule has 0 saturated heterocycles. The van der Waals surface area contributed by atoms with E-state index in [9.17, 15) is 9.59 Å². The Hall–Kier alpha value is -1.36. The molecule has 1 aliphatic rings. The summed E-state index contributed by atoms with van der Waals surface area (Å²) < 4.78 is 1.41. The van der Waals surface area contributed by atoms with Crippen LogP contribution in [0.15, 0.2) is 10.9 Å². The standard InChI is InChI=1S/C11H14ClN3O2/c1-2-13-9(16)6-15-10(17)5-8(12)14-11(15)7-3-4-7/h5,7H,2-4,6H2,1H3,(H,13,16). The summed E-state index contributed by atoms with van der Waals surface area (Å²) >= 11 is 5.77. The Labute approximate surface area is 104 Å². The van der Waals surface area contributed by atoms with Crippen LogP contribution in [0.4, 0.5) is 0 Å². The smallest absolute Gasteiger partial charge is 0.255 e. The zero-order chi connectivity index (χ0) is 12.4. The minimum absolute atomic E-state index is 0.0165. The number of halogens is 1. The van der Waals surface area contributed by atoms with Crippen LogP contribution in [-0.2, 0) is 11.3 Å². The van der Waals surface area contributed by atoms with Crippen molar-refractivity contribution in [3.05, 3.63) is 27.4 Å². The summed E-state index contributed by atoms with van der Waals surface area (Å²) in [5.41, 5.74) is -0.266. The van der Waals surface area contributed by atoms with Gasteiger partial charge in [-0.05, 0) is 19.8 Å². The van der Waals surface area contributed by atoms with Gasteiger partial charge in [-0.1, -0.05) is 11.6 Å². The van der Waals surface area contributed by atoms with E-state index < -0.39 is 0 Å². The highest BCUT2D eigenvalue weighted by Crippen LogP contribution is 2.38. The molecule has 0 unspecified atom stereocenters. The van der Waals surface area contributed by atoms with Crippen molar-refractivity contribution in [2.75, 3.05) is 6.54 Å². The molecule has 92 valence electrons. The van der Waals surface area contributed by atoms with Crippen LogP contribution < -0.4 is 10.9 Å². The van der Waals surface area contributed by atoms with E-state index in [2.05, 4.69) is 10.3 Å². The van der Waals surface area contributed by atoms with Crippen LogP contribution in [-0.4, -0.2) is 22.0 Å². The van der Waals surface area contributed by atoms with Crippen molar-refractivity contribution in [2.45, 2.75) is 32.2 Å². The van der Waals surface area contributed by atoms with E-state index >= 15 is 0 Å². The maximum atomic E-state index is 11.8. The minimum Gasteiger partial charge on any atom is -0.355 e. The van der Waals surface area contributed by atoms with E-state index in [1.807, 2.05) is 6.92 Å². The van der Waals surface area contributed by atoms with Crippen LogP contribution in [0, 0.1) is 0 Å². The van der Waals surface area contributed by atoms with E-state index in [1.165, 1.54) is 10.6 Å². The molecule has 1 aromatic heterocycles. The number of aromatic nitrogens is 2. The number of nitrogens with zero attached hydrogens (tertiary/aromatic N) is 2. The first-order valence-electron chi connectivity index (χ1n) is 5.65. The Morgan fingerprint density at radius 1 is 1.65 bits per heavy atom. The van der Waals surface area contributed by atoms with Gasteiger partial charge in [0.1, 0.15) is 17.5 Å². The molecule has 0 aliphatic heterocycles. The molecule has 0 spiro atoms. The van der Waals surface area contributed by atoms with Crippen molar-refractivity contribution in [1.82, 2.24) is 14.9 Å². The maximum Gasteiger partial charge on any atom is 0.255 e. The summed E-state index contributed by atoms with van der Waals surface area (Å²) in [4.78, 5) is 27.5. The topological polar surface area (TPSA) is 64.0 Å². The van der Waals surface area contributed by atoms with Gasteiger partial charge in [0, 0.05) is 18.5 Å². The third kappa shape index (κ3) is 2.85. The maximum absolute atomic E-state index is 11.8. The number of nitrogens with one attached hydrogen (secondary N) is 1. The molecule has 0 atom stereocenters. The molecule has 5 nitrogen and oxygen atoms in total. The second-order valence-corrected chi connectivity index (χ2v) is 4.48. The van der Waals surface area contributed by atoms with E-state index in [1.54, 1.807) is 0 Å². The Kier molecular flexibility index (Phi) is 3.47. The monoisotopic (exact) mass is 255 g/mol. The highest BCUT2D eigenvalue weighted by Gasteiger charge is 2.29. The molecule has 1 aliphatic carbocycles. The molecule has 1 saturated carbocycles. The average Bonchev–Trinajstić information content (AvgIpc) is 3.05. The van der Waals surface area contributed by atoms with Crippen molar-refractivity contribution in [1.29, 1.82) is 0 Å². The first kappa shape index (κ1) is 12.1. The normalized spacial score (nSPS) is 14.7. The van der Waals surface area contributed by atoms with E-state index in [0.717, 1.165) is 12.8 Å². The Balaban J connectivity index is 2.31. The lowest BCUT2D eigenvalue weighted by atomic mass is 10.3. The zero-order valence-corrected chi connectivity index (χ0v) is 10.3. The molecule has 6 heteroatoms. The molecule has 1 N–H and O–H groups in total. The predicted molar refractivity (Wildman–Crippen MR) is 64.2 cm³/mol. The van der Waals surface area contributed by atoms with E-state index in [0.29, 0.717) is 12.4 Å². The Morgan fingerprint density at radius 2 is 2.35 bits per heavy atom. The van der Waals surface area contributed by atoms with Gasteiger partial charge in [0.25, 0.3) is 5.56 Å². The van der Waals surface area contributed by atoms with Gasteiger partial charge >= 0.3 is 0 Å². The molecule has 17 heavy (non-hydrogen) atoms. The average molecular weight is 256 g/mol. The number of carbonyl (C=O) groups excluding carboxylic acids is 1. The van der Waals surface area contributed by atoms with Crippen LogP contribution in [0.2, 0.25) is 5.15 Å². The largest absolute Gasteiger partial charge is 0.355 e. The molecule has 0 radical (unpaired) electrons. The van der Waals surface area contributed by atoms with Crippen LogP contribution in [0.25, 0.3) is 0 Å². The molecule has 1 heterocycles. The fourth-order valence-electron chi connectivity index (χ4n) is 1.70. The van der Waals surface area contributed by atoms with E-state index in [-0.39, 0.29) is 29.1 Å². The third-order valence-electron chi connectivity index (χ3n) is 2.62.